The number of rotatable bonds is 5. The molecule has 1 saturated heterocycles. The molecule has 0 bridgehead atoms. The van der Waals surface area contributed by atoms with Crippen LogP contribution in [-0.2, 0) is 9.59 Å². The van der Waals surface area contributed by atoms with Crippen LogP contribution in [-0.4, -0.2) is 25.0 Å². The fourth-order valence-corrected chi connectivity index (χ4v) is 2.56. The monoisotopic (exact) mass is 346 g/mol. The van der Waals surface area contributed by atoms with E-state index in [4.69, 9.17) is 4.74 Å². The van der Waals surface area contributed by atoms with Gasteiger partial charge in [0.15, 0.2) is 18.2 Å². The lowest BCUT2D eigenvalue weighted by Gasteiger charge is -2.16. The fraction of sp³-hybridized carbons (Fsp3) is 0.222. The minimum atomic E-state index is -1.04. The Bertz CT molecular complexity index is 793. The van der Waals surface area contributed by atoms with E-state index in [9.17, 15) is 18.4 Å². The second-order valence-electron chi connectivity index (χ2n) is 5.61. The molecule has 1 fully saturated rings. The zero-order valence-corrected chi connectivity index (χ0v) is 13.3. The molecule has 0 spiro atoms. The van der Waals surface area contributed by atoms with E-state index in [1.54, 1.807) is 29.2 Å². The number of benzene rings is 2. The van der Waals surface area contributed by atoms with E-state index in [0.29, 0.717) is 18.7 Å². The average Bonchev–Trinajstić information content (AvgIpc) is 3.03. The van der Waals surface area contributed by atoms with Gasteiger partial charge in [0.2, 0.25) is 5.91 Å². The molecule has 1 aliphatic heterocycles. The van der Waals surface area contributed by atoms with Crippen LogP contribution < -0.4 is 15.0 Å². The third-order valence-corrected chi connectivity index (χ3v) is 3.80. The third-order valence-electron chi connectivity index (χ3n) is 3.80. The summed E-state index contributed by atoms with van der Waals surface area (Å²) >= 11 is 0. The Hall–Kier alpha value is -2.96. The molecule has 0 saturated carbocycles. The Balaban J connectivity index is 1.53. The molecule has 130 valence electrons. The zero-order valence-electron chi connectivity index (χ0n) is 13.3. The predicted molar refractivity (Wildman–Crippen MR) is 88.5 cm³/mol. The minimum absolute atomic E-state index is 0.0968. The zero-order chi connectivity index (χ0) is 17.8. The van der Waals surface area contributed by atoms with Crippen molar-refractivity contribution in [2.45, 2.75) is 12.8 Å². The van der Waals surface area contributed by atoms with E-state index >= 15 is 0 Å². The van der Waals surface area contributed by atoms with Crippen LogP contribution in [0.1, 0.15) is 12.8 Å². The maximum Gasteiger partial charge on any atom is 0.262 e. The van der Waals surface area contributed by atoms with Crippen LogP contribution in [0.5, 0.6) is 5.75 Å². The van der Waals surface area contributed by atoms with Crippen LogP contribution in [0.25, 0.3) is 0 Å². The number of hydrogen-bond acceptors (Lipinski definition) is 3. The first-order valence-corrected chi connectivity index (χ1v) is 7.81. The molecule has 7 heteroatoms. The molecule has 0 atom stereocenters. The largest absolute Gasteiger partial charge is 0.484 e. The van der Waals surface area contributed by atoms with Crippen molar-refractivity contribution in [2.75, 3.05) is 23.4 Å². The van der Waals surface area contributed by atoms with Gasteiger partial charge in [-0.1, -0.05) is 0 Å². The summed E-state index contributed by atoms with van der Waals surface area (Å²) in [4.78, 5) is 25.2. The van der Waals surface area contributed by atoms with Crippen molar-refractivity contribution in [3.8, 4) is 5.75 Å². The van der Waals surface area contributed by atoms with Crippen LogP contribution >= 0.6 is 0 Å². The Morgan fingerprint density at radius 3 is 2.52 bits per heavy atom. The van der Waals surface area contributed by atoms with Crippen molar-refractivity contribution >= 4 is 23.2 Å². The van der Waals surface area contributed by atoms with Crippen LogP contribution in [0.4, 0.5) is 20.2 Å². The molecule has 0 radical (unpaired) electrons. The maximum absolute atomic E-state index is 13.1. The highest BCUT2D eigenvalue weighted by atomic mass is 19.2. The summed E-state index contributed by atoms with van der Waals surface area (Å²) in [6, 6.07) is 9.95. The number of nitrogens with one attached hydrogen (secondary N) is 1. The van der Waals surface area contributed by atoms with E-state index in [1.165, 1.54) is 6.07 Å². The first-order chi connectivity index (χ1) is 12.0. The fourth-order valence-electron chi connectivity index (χ4n) is 2.56. The Morgan fingerprint density at radius 1 is 1.12 bits per heavy atom. The Morgan fingerprint density at radius 2 is 1.88 bits per heavy atom. The minimum Gasteiger partial charge on any atom is -0.484 e. The van der Waals surface area contributed by atoms with Crippen molar-refractivity contribution in [1.82, 2.24) is 0 Å². The molecular weight excluding hydrogens is 330 g/mol. The summed E-state index contributed by atoms with van der Waals surface area (Å²) in [7, 11) is 0. The average molecular weight is 346 g/mol. The summed E-state index contributed by atoms with van der Waals surface area (Å²) in [5.74, 6) is -1.95. The van der Waals surface area contributed by atoms with Gasteiger partial charge in [-0.2, -0.15) is 0 Å². The third kappa shape index (κ3) is 4.12. The van der Waals surface area contributed by atoms with Gasteiger partial charge in [0.25, 0.3) is 5.91 Å². The lowest BCUT2D eigenvalue weighted by molar-refractivity contribution is -0.118. The van der Waals surface area contributed by atoms with Crippen molar-refractivity contribution in [3.63, 3.8) is 0 Å². The number of ether oxygens (including phenoxy) is 1. The molecule has 1 heterocycles. The van der Waals surface area contributed by atoms with Gasteiger partial charge < -0.3 is 15.0 Å². The standard InChI is InChI=1S/C18H16F2N2O3/c19-15-8-3-12(10-16(15)20)21-17(23)11-25-14-6-4-13(5-7-14)22-9-1-2-18(22)24/h3-8,10H,1-2,9,11H2,(H,21,23). The van der Waals surface area contributed by atoms with Crippen molar-refractivity contribution < 1.29 is 23.1 Å². The second-order valence-corrected chi connectivity index (χ2v) is 5.61. The molecular formula is C18H16F2N2O3. The Kier molecular flexibility index (Phi) is 4.92. The molecule has 2 amide bonds. The molecule has 0 aromatic heterocycles. The highest BCUT2D eigenvalue weighted by Crippen LogP contribution is 2.24. The molecule has 3 rings (SSSR count). The summed E-state index contributed by atoms with van der Waals surface area (Å²) in [5, 5.41) is 2.42. The summed E-state index contributed by atoms with van der Waals surface area (Å²) in [6.07, 6.45) is 1.41. The van der Waals surface area contributed by atoms with Crippen molar-refractivity contribution in [3.05, 3.63) is 54.1 Å². The van der Waals surface area contributed by atoms with Crippen LogP contribution in [0, 0.1) is 11.6 Å². The number of anilines is 2. The number of hydrogen-bond donors (Lipinski definition) is 1. The Labute approximate surface area is 143 Å². The molecule has 2 aromatic rings. The molecule has 2 aromatic carbocycles. The highest BCUT2D eigenvalue weighted by Gasteiger charge is 2.21. The van der Waals surface area contributed by atoms with Crippen LogP contribution in [0.15, 0.2) is 42.5 Å². The highest BCUT2D eigenvalue weighted by molar-refractivity contribution is 5.95. The number of halogens is 2. The van der Waals surface area contributed by atoms with Gasteiger partial charge in [-0.25, -0.2) is 8.78 Å². The first-order valence-electron chi connectivity index (χ1n) is 7.81. The van der Waals surface area contributed by atoms with Gasteiger partial charge in [0.1, 0.15) is 5.75 Å². The molecule has 5 nitrogen and oxygen atoms in total. The maximum atomic E-state index is 13.1. The summed E-state index contributed by atoms with van der Waals surface area (Å²) in [6.45, 7) is 0.427. The van der Waals surface area contributed by atoms with E-state index in [1.807, 2.05) is 0 Å². The van der Waals surface area contributed by atoms with E-state index in [-0.39, 0.29) is 18.2 Å². The van der Waals surface area contributed by atoms with Gasteiger partial charge >= 0.3 is 0 Å². The van der Waals surface area contributed by atoms with Gasteiger partial charge in [0.05, 0.1) is 0 Å². The van der Waals surface area contributed by atoms with E-state index < -0.39 is 17.5 Å². The van der Waals surface area contributed by atoms with E-state index in [0.717, 1.165) is 24.2 Å². The predicted octanol–water partition coefficient (Wildman–Crippen LogP) is 3.11. The van der Waals surface area contributed by atoms with Crippen LogP contribution in [0.3, 0.4) is 0 Å². The molecule has 25 heavy (non-hydrogen) atoms. The van der Waals surface area contributed by atoms with Gasteiger partial charge in [-0.3, -0.25) is 9.59 Å². The number of nitrogens with zero attached hydrogens (tertiary/aromatic N) is 1. The topological polar surface area (TPSA) is 58.6 Å². The molecule has 0 unspecified atom stereocenters. The molecule has 1 aliphatic rings. The molecule has 0 aliphatic carbocycles. The SMILES string of the molecule is O=C(COc1ccc(N2CCCC2=O)cc1)Nc1ccc(F)c(F)c1. The number of carbonyl (C=O) groups excluding carboxylic acids is 2. The summed E-state index contributed by atoms with van der Waals surface area (Å²) in [5.41, 5.74) is 0.941. The van der Waals surface area contributed by atoms with Gasteiger partial charge in [-0.05, 0) is 42.8 Å². The van der Waals surface area contributed by atoms with Crippen molar-refractivity contribution in [1.29, 1.82) is 0 Å². The second kappa shape index (κ2) is 7.29. The van der Waals surface area contributed by atoms with Crippen molar-refractivity contribution in [2.24, 2.45) is 0 Å². The smallest absolute Gasteiger partial charge is 0.262 e. The van der Waals surface area contributed by atoms with Crippen LogP contribution in [0.2, 0.25) is 0 Å². The van der Waals surface area contributed by atoms with Gasteiger partial charge in [0, 0.05) is 30.4 Å². The normalized spacial score (nSPS) is 13.8. The van der Waals surface area contributed by atoms with E-state index in [2.05, 4.69) is 5.32 Å². The number of amides is 2. The molecule has 1 N–H and O–H groups in total. The quantitative estimate of drug-likeness (QED) is 0.905. The first kappa shape index (κ1) is 16.9. The van der Waals surface area contributed by atoms with Gasteiger partial charge in [-0.15, -0.1) is 0 Å². The lowest BCUT2D eigenvalue weighted by Crippen LogP contribution is -2.23. The number of carbonyl (C=O) groups is 2. The summed E-state index contributed by atoms with van der Waals surface area (Å²) < 4.78 is 31.3. The lowest BCUT2D eigenvalue weighted by atomic mass is 10.3.